The lowest BCUT2D eigenvalue weighted by Gasteiger charge is -2.18. The first-order chi connectivity index (χ1) is 19.1. The third-order valence-corrected chi connectivity index (χ3v) is 5.84. The van der Waals surface area contributed by atoms with Gasteiger partial charge in [0, 0.05) is 41.8 Å². The Hall–Kier alpha value is -3.01. The van der Waals surface area contributed by atoms with Gasteiger partial charge in [-0.1, -0.05) is 48.7 Å². The van der Waals surface area contributed by atoms with Crippen LogP contribution in [0.5, 0.6) is 17.2 Å². The first-order valence-corrected chi connectivity index (χ1v) is 13.9. The molecule has 218 valence electrons. The molecule has 0 saturated carbocycles. The van der Waals surface area contributed by atoms with E-state index in [-0.39, 0.29) is 61.8 Å². The summed E-state index contributed by atoms with van der Waals surface area (Å²) in [5.41, 5.74) is 0. The van der Waals surface area contributed by atoms with E-state index in [9.17, 15) is 19.2 Å². The number of hydrogen-bond acceptors (Lipinski definition) is 9. The van der Waals surface area contributed by atoms with Crippen LogP contribution in [0, 0.1) is 0 Å². The number of benzene rings is 2. The topological polar surface area (TPSA) is 114 Å². The molecule has 0 bridgehead atoms. The summed E-state index contributed by atoms with van der Waals surface area (Å²) in [5, 5.41) is 1.00. The highest BCUT2D eigenvalue weighted by atomic mass is 35.5. The minimum Gasteiger partial charge on any atom is -0.462 e. The van der Waals surface area contributed by atoms with E-state index in [1.165, 1.54) is 18.2 Å². The van der Waals surface area contributed by atoms with Gasteiger partial charge >= 0.3 is 23.9 Å². The molecule has 0 atom stereocenters. The third-order valence-electron chi connectivity index (χ3n) is 5.07. The highest BCUT2D eigenvalue weighted by molar-refractivity contribution is 6.35. The van der Waals surface area contributed by atoms with Crippen LogP contribution in [0.15, 0.2) is 36.4 Å². The van der Waals surface area contributed by atoms with E-state index in [1.54, 1.807) is 18.2 Å². The molecule has 2 aromatic rings. The Morgan fingerprint density at radius 3 is 1.80 bits per heavy atom. The number of carbonyl (C=O) groups excluding carboxylic acids is 4. The number of ether oxygens (including phenoxy) is 5. The van der Waals surface area contributed by atoms with Crippen LogP contribution < -0.4 is 9.47 Å². The van der Waals surface area contributed by atoms with E-state index in [0.717, 1.165) is 0 Å². The maximum atomic E-state index is 12.5. The Balaban J connectivity index is 1.90. The van der Waals surface area contributed by atoms with Crippen molar-refractivity contribution in [1.82, 2.24) is 0 Å². The van der Waals surface area contributed by atoms with Crippen molar-refractivity contribution in [2.24, 2.45) is 0 Å². The van der Waals surface area contributed by atoms with Gasteiger partial charge in [0.15, 0.2) is 17.6 Å². The molecule has 9 nitrogen and oxygen atoms in total. The average molecular weight is 618 g/mol. The Morgan fingerprint density at radius 1 is 0.675 bits per heavy atom. The lowest BCUT2D eigenvalue weighted by atomic mass is 10.2. The Bertz CT molecular complexity index is 1150. The van der Waals surface area contributed by atoms with Gasteiger partial charge in [-0.25, -0.2) is 0 Å². The fraction of sp³-hybridized carbons (Fsp3) is 0.429. The summed E-state index contributed by atoms with van der Waals surface area (Å²) in [6.45, 7) is 3.15. The first-order valence-electron chi connectivity index (χ1n) is 12.7. The van der Waals surface area contributed by atoms with Crippen LogP contribution in [0.3, 0.4) is 0 Å². The molecule has 0 aliphatic heterocycles. The predicted molar refractivity (Wildman–Crippen MR) is 149 cm³/mol. The molecule has 0 radical (unpaired) electrons. The van der Waals surface area contributed by atoms with Crippen LogP contribution in [0.2, 0.25) is 15.1 Å². The second kappa shape index (κ2) is 17.6. The molecular weight excluding hydrogens is 587 g/mol. The SMILES string of the molecule is CCCC(=O)OCC(COC(=O)CCC)OC(=O)CCCC(=O)Oc1cc(Cl)ccc1Oc1ccc(Cl)cc1Cl. The highest BCUT2D eigenvalue weighted by Crippen LogP contribution is 2.37. The van der Waals surface area contributed by atoms with Crippen molar-refractivity contribution >= 4 is 58.7 Å². The summed E-state index contributed by atoms with van der Waals surface area (Å²) < 4.78 is 26.7. The Morgan fingerprint density at radius 2 is 1.23 bits per heavy atom. The zero-order chi connectivity index (χ0) is 29.5. The maximum Gasteiger partial charge on any atom is 0.311 e. The average Bonchev–Trinajstić information content (AvgIpc) is 2.89. The molecule has 0 aliphatic rings. The molecule has 0 saturated heterocycles. The zero-order valence-corrected chi connectivity index (χ0v) is 24.5. The van der Waals surface area contributed by atoms with Gasteiger partial charge in [0.05, 0.1) is 5.02 Å². The molecule has 0 aliphatic carbocycles. The number of carbonyl (C=O) groups is 4. The second-order valence-electron chi connectivity index (χ2n) is 8.57. The Labute approximate surface area is 247 Å². The molecule has 0 unspecified atom stereocenters. The molecular formula is C28H31Cl3O9. The van der Waals surface area contributed by atoms with E-state index in [1.807, 2.05) is 13.8 Å². The van der Waals surface area contributed by atoms with Gasteiger partial charge in [-0.2, -0.15) is 0 Å². The second-order valence-corrected chi connectivity index (χ2v) is 9.85. The Kier molecular flexibility index (Phi) is 14.6. The van der Waals surface area contributed by atoms with Gasteiger partial charge in [0.25, 0.3) is 0 Å². The molecule has 2 rings (SSSR count). The van der Waals surface area contributed by atoms with E-state index in [4.69, 9.17) is 58.5 Å². The lowest BCUT2D eigenvalue weighted by molar-refractivity contribution is -0.167. The fourth-order valence-electron chi connectivity index (χ4n) is 3.16. The fourth-order valence-corrected chi connectivity index (χ4v) is 3.77. The van der Waals surface area contributed by atoms with E-state index >= 15 is 0 Å². The van der Waals surface area contributed by atoms with Crippen molar-refractivity contribution in [3.05, 3.63) is 51.5 Å². The number of rotatable bonds is 16. The van der Waals surface area contributed by atoms with E-state index < -0.39 is 30.0 Å². The number of esters is 4. The standard InChI is InChI=1S/C28H31Cl3O9/c1-3-6-25(32)36-16-20(17-37-26(33)7-4-2)38-27(34)8-5-9-28(35)40-24-15-19(30)11-13-23(24)39-22-12-10-18(29)14-21(22)31/h10-15,20H,3-9,16-17H2,1-2H3. The quantitative estimate of drug-likeness (QED) is 0.110. The van der Waals surface area contributed by atoms with Crippen molar-refractivity contribution in [3.8, 4) is 17.2 Å². The van der Waals surface area contributed by atoms with Crippen molar-refractivity contribution in [3.63, 3.8) is 0 Å². The first kappa shape index (κ1) is 33.2. The monoisotopic (exact) mass is 616 g/mol. The zero-order valence-electron chi connectivity index (χ0n) is 22.2. The van der Waals surface area contributed by atoms with Crippen molar-refractivity contribution < 1.29 is 42.9 Å². The van der Waals surface area contributed by atoms with Gasteiger partial charge in [-0.15, -0.1) is 0 Å². The summed E-state index contributed by atoms with van der Waals surface area (Å²) >= 11 is 18.1. The normalized spacial score (nSPS) is 10.7. The lowest BCUT2D eigenvalue weighted by Crippen LogP contribution is -2.30. The molecule has 0 heterocycles. The maximum absolute atomic E-state index is 12.5. The molecule has 0 aromatic heterocycles. The molecule has 2 aromatic carbocycles. The minimum absolute atomic E-state index is 0.0638. The molecule has 12 heteroatoms. The van der Waals surface area contributed by atoms with Gasteiger partial charge in [0.1, 0.15) is 19.0 Å². The van der Waals surface area contributed by atoms with Crippen LogP contribution in [0.25, 0.3) is 0 Å². The number of halogens is 3. The predicted octanol–water partition coefficient (Wildman–Crippen LogP) is 7.11. The molecule has 0 amide bonds. The van der Waals surface area contributed by atoms with Crippen molar-refractivity contribution in [1.29, 1.82) is 0 Å². The van der Waals surface area contributed by atoms with Crippen LogP contribution in [0.1, 0.15) is 58.8 Å². The van der Waals surface area contributed by atoms with Crippen LogP contribution >= 0.6 is 34.8 Å². The summed E-state index contributed by atoms with van der Waals surface area (Å²) in [5.74, 6) is -1.64. The van der Waals surface area contributed by atoms with Crippen LogP contribution in [-0.2, 0) is 33.4 Å². The smallest absolute Gasteiger partial charge is 0.311 e. The van der Waals surface area contributed by atoms with Gasteiger partial charge in [-0.05, 0) is 49.6 Å². The molecule has 0 spiro atoms. The summed E-state index contributed by atoms with van der Waals surface area (Å²) in [7, 11) is 0. The molecule has 0 N–H and O–H groups in total. The minimum atomic E-state index is -0.966. The van der Waals surface area contributed by atoms with Crippen molar-refractivity contribution in [2.75, 3.05) is 13.2 Å². The summed E-state index contributed by atoms with van der Waals surface area (Å²) in [4.78, 5) is 48.3. The van der Waals surface area contributed by atoms with Gasteiger partial charge in [0.2, 0.25) is 0 Å². The largest absolute Gasteiger partial charge is 0.462 e. The van der Waals surface area contributed by atoms with E-state index in [2.05, 4.69) is 0 Å². The summed E-state index contributed by atoms with van der Waals surface area (Å²) in [6, 6.07) is 9.17. The molecule has 0 fully saturated rings. The van der Waals surface area contributed by atoms with Crippen LogP contribution in [0.4, 0.5) is 0 Å². The van der Waals surface area contributed by atoms with Gasteiger partial charge in [-0.3, -0.25) is 19.2 Å². The van der Waals surface area contributed by atoms with Crippen LogP contribution in [-0.4, -0.2) is 43.2 Å². The number of hydrogen-bond donors (Lipinski definition) is 0. The molecule has 40 heavy (non-hydrogen) atoms. The summed E-state index contributed by atoms with van der Waals surface area (Å²) in [6.07, 6.45) is 0.517. The highest BCUT2D eigenvalue weighted by Gasteiger charge is 2.20. The van der Waals surface area contributed by atoms with E-state index in [0.29, 0.717) is 28.6 Å². The third kappa shape index (κ3) is 12.4. The van der Waals surface area contributed by atoms with Gasteiger partial charge < -0.3 is 23.7 Å². The van der Waals surface area contributed by atoms with Crippen molar-refractivity contribution in [2.45, 2.75) is 64.9 Å².